The van der Waals surface area contributed by atoms with Crippen LogP contribution in [0, 0.1) is 13.8 Å². The summed E-state index contributed by atoms with van der Waals surface area (Å²) in [6, 6.07) is 2.24. The van der Waals surface area contributed by atoms with Crippen LogP contribution in [0.2, 0.25) is 0 Å². The molecule has 7 nitrogen and oxygen atoms in total. The summed E-state index contributed by atoms with van der Waals surface area (Å²) in [4.78, 5) is 8.58. The largest absolute Gasteiger partial charge is 0.379 e. The number of nitrogens with one attached hydrogen (secondary N) is 2. The minimum atomic E-state index is 0.318. The number of nitrogens with zero attached hydrogens (tertiary/aromatic N) is 4. The monoisotopic (exact) mass is 302 g/mol. The standard InChI is InChI=1S/C15H22N6O/c1-10-15(11(2)21(3)20-10)19-14-7-13(16-9-17-14)18-12-5-4-6-22-8-12/h7,9,12H,4-6,8H2,1-3H3,(H2,16,17,18,19)/t12-/m0/s1. The molecule has 2 aromatic rings. The van der Waals surface area contributed by atoms with Gasteiger partial charge in [0.2, 0.25) is 0 Å². The van der Waals surface area contributed by atoms with E-state index in [1.54, 1.807) is 6.33 Å². The Kier molecular flexibility index (Phi) is 4.24. The van der Waals surface area contributed by atoms with Gasteiger partial charge in [0, 0.05) is 19.7 Å². The predicted octanol–water partition coefficient (Wildman–Crippen LogP) is 2.16. The first-order chi connectivity index (χ1) is 10.6. The normalized spacial score (nSPS) is 18.2. The van der Waals surface area contributed by atoms with E-state index in [4.69, 9.17) is 4.74 Å². The highest BCUT2D eigenvalue weighted by molar-refractivity contribution is 5.63. The third-order valence-corrected chi connectivity index (χ3v) is 3.94. The fraction of sp³-hybridized carbons (Fsp3) is 0.533. The van der Waals surface area contributed by atoms with Gasteiger partial charge in [-0.25, -0.2) is 9.97 Å². The zero-order valence-corrected chi connectivity index (χ0v) is 13.3. The minimum Gasteiger partial charge on any atom is -0.379 e. The molecule has 2 aromatic heterocycles. The summed E-state index contributed by atoms with van der Waals surface area (Å²) in [5.41, 5.74) is 3.02. The van der Waals surface area contributed by atoms with Gasteiger partial charge >= 0.3 is 0 Å². The van der Waals surface area contributed by atoms with Crippen molar-refractivity contribution in [3.63, 3.8) is 0 Å². The first kappa shape index (κ1) is 14.8. The average molecular weight is 302 g/mol. The van der Waals surface area contributed by atoms with E-state index in [2.05, 4.69) is 25.7 Å². The lowest BCUT2D eigenvalue weighted by atomic mass is 10.1. The van der Waals surface area contributed by atoms with E-state index in [0.717, 1.165) is 54.8 Å². The molecule has 7 heteroatoms. The van der Waals surface area contributed by atoms with Crippen LogP contribution in [0.25, 0.3) is 0 Å². The van der Waals surface area contributed by atoms with Crippen molar-refractivity contribution < 1.29 is 4.74 Å². The van der Waals surface area contributed by atoms with Crippen LogP contribution in [0.15, 0.2) is 12.4 Å². The molecule has 2 N–H and O–H groups in total. The van der Waals surface area contributed by atoms with Crippen LogP contribution in [0.3, 0.4) is 0 Å². The molecule has 0 aromatic carbocycles. The van der Waals surface area contributed by atoms with Gasteiger partial charge in [0.05, 0.1) is 29.7 Å². The third kappa shape index (κ3) is 3.19. The van der Waals surface area contributed by atoms with Gasteiger partial charge in [-0.05, 0) is 26.7 Å². The molecule has 1 saturated heterocycles. The number of rotatable bonds is 4. The molecule has 1 fully saturated rings. The highest BCUT2D eigenvalue weighted by atomic mass is 16.5. The van der Waals surface area contributed by atoms with E-state index in [-0.39, 0.29) is 0 Å². The van der Waals surface area contributed by atoms with Gasteiger partial charge in [0.15, 0.2) is 0 Å². The maximum Gasteiger partial charge on any atom is 0.135 e. The van der Waals surface area contributed by atoms with Crippen LogP contribution in [0.4, 0.5) is 17.3 Å². The highest BCUT2D eigenvalue weighted by Gasteiger charge is 2.15. The summed E-state index contributed by atoms with van der Waals surface area (Å²) in [7, 11) is 1.93. The predicted molar refractivity (Wildman–Crippen MR) is 85.5 cm³/mol. The number of anilines is 3. The van der Waals surface area contributed by atoms with Crippen LogP contribution < -0.4 is 10.6 Å². The summed E-state index contributed by atoms with van der Waals surface area (Å²) in [6.45, 7) is 5.60. The molecule has 0 amide bonds. The van der Waals surface area contributed by atoms with Crippen molar-refractivity contribution in [1.82, 2.24) is 19.7 Å². The van der Waals surface area contributed by atoms with Crippen LogP contribution in [-0.2, 0) is 11.8 Å². The molecule has 0 bridgehead atoms. The Morgan fingerprint density at radius 2 is 2.09 bits per heavy atom. The Balaban J connectivity index is 1.73. The van der Waals surface area contributed by atoms with E-state index in [9.17, 15) is 0 Å². The van der Waals surface area contributed by atoms with Crippen molar-refractivity contribution in [2.24, 2.45) is 7.05 Å². The van der Waals surface area contributed by atoms with Crippen LogP contribution >= 0.6 is 0 Å². The number of aryl methyl sites for hydroxylation is 2. The molecular weight excluding hydrogens is 280 g/mol. The minimum absolute atomic E-state index is 0.318. The van der Waals surface area contributed by atoms with Gasteiger partial charge < -0.3 is 15.4 Å². The summed E-state index contributed by atoms with van der Waals surface area (Å²) in [6.07, 6.45) is 3.75. The molecule has 3 rings (SSSR count). The second-order valence-corrected chi connectivity index (χ2v) is 5.64. The number of ether oxygens (including phenoxy) is 1. The molecular formula is C15H22N6O. The lowest BCUT2D eigenvalue weighted by molar-refractivity contribution is 0.0875. The van der Waals surface area contributed by atoms with Crippen LogP contribution in [0.5, 0.6) is 0 Å². The van der Waals surface area contributed by atoms with Gasteiger partial charge in [0.25, 0.3) is 0 Å². The Bertz CT molecular complexity index is 647. The van der Waals surface area contributed by atoms with Crippen molar-refractivity contribution in [1.29, 1.82) is 0 Å². The summed E-state index contributed by atoms with van der Waals surface area (Å²) in [5.74, 6) is 1.57. The molecule has 0 unspecified atom stereocenters. The SMILES string of the molecule is Cc1nn(C)c(C)c1Nc1cc(N[C@H]2CCCOC2)ncn1. The fourth-order valence-corrected chi connectivity index (χ4v) is 2.65. The quantitative estimate of drug-likeness (QED) is 0.901. The molecule has 0 saturated carbocycles. The fourth-order valence-electron chi connectivity index (χ4n) is 2.65. The second kappa shape index (κ2) is 6.31. The Labute approximate surface area is 130 Å². The van der Waals surface area contributed by atoms with Gasteiger partial charge in [0.1, 0.15) is 18.0 Å². The van der Waals surface area contributed by atoms with Crippen molar-refractivity contribution in [2.45, 2.75) is 32.7 Å². The number of hydrogen-bond acceptors (Lipinski definition) is 6. The van der Waals surface area contributed by atoms with E-state index in [0.29, 0.717) is 6.04 Å². The number of aromatic nitrogens is 4. The zero-order valence-electron chi connectivity index (χ0n) is 13.3. The van der Waals surface area contributed by atoms with Gasteiger partial charge in [-0.15, -0.1) is 0 Å². The maximum atomic E-state index is 5.48. The topological polar surface area (TPSA) is 76.9 Å². The van der Waals surface area contributed by atoms with Crippen molar-refractivity contribution in [3.05, 3.63) is 23.8 Å². The first-order valence-corrected chi connectivity index (χ1v) is 7.57. The van der Waals surface area contributed by atoms with Gasteiger partial charge in [-0.2, -0.15) is 5.10 Å². The second-order valence-electron chi connectivity index (χ2n) is 5.64. The van der Waals surface area contributed by atoms with Gasteiger partial charge in [-0.1, -0.05) is 0 Å². The molecule has 0 aliphatic carbocycles. The molecule has 1 aliphatic rings. The third-order valence-electron chi connectivity index (χ3n) is 3.94. The van der Waals surface area contributed by atoms with Crippen molar-refractivity contribution in [3.8, 4) is 0 Å². The smallest absolute Gasteiger partial charge is 0.135 e. The van der Waals surface area contributed by atoms with E-state index < -0.39 is 0 Å². The average Bonchev–Trinajstić information content (AvgIpc) is 2.75. The number of hydrogen-bond donors (Lipinski definition) is 2. The van der Waals surface area contributed by atoms with Crippen molar-refractivity contribution >= 4 is 17.3 Å². The highest BCUT2D eigenvalue weighted by Crippen LogP contribution is 2.23. The molecule has 3 heterocycles. The molecule has 0 radical (unpaired) electrons. The van der Waals surface area contributed by atoms with Crippen molar-refractivity contribution in [2.75, 3.05) is 23.8 Å². The zero-order chi connectivity index (χ0) is 15.5. The van der Waals surface area contributed by atoms with Crippen LogP contribution in [-0.4, -0.2) is 39.0 Å². The summed E-state index contributed by atoms with van der Waals surface area (Å²) < 4.78 is 7.34. The maximum absolute atomic E-state index is 5.48. The van der Waals surface area contributed by atoms with E-state index in [1.165, 1.54) is 0 Å². The molecule has 22 heavy (non-hydrogen) atoms. The Morgan fingerprint density at radius 1 is 1.27 bits per heavy atom. The molecule has 1 aliphatic heterocycles. The first-order valence-electron chi connectivity index (χ1n) is 7.57. The van der Waals surface area contributed by atoms with Gasteiger partial charge in [-0.3, -0.25) is 4.68 Å². The van der Waals surface area contributed by atoms with Crippen LogP contribution in [0.1, 0.15) is 24.2 Å². The summed E-state index contributed by atoms with van der Waals surface area (Å²) in [5, 5.41) is 11.1. The lowest BCUT2D eigenvalue weighted by Gasteiger charge is -2.23. The van der Waals surface area contributed by atoms with E-state index in [1.807, 2.05) is 31.6 Å². The summed E-state index contributed by atoms with van der Waals surface area (Å²) >= 11 is 0. The molecule has 0 spiro atoms. The molecule has 118 valence electrons. The Morgan fingerprint density at radius 3 is 2.77 bits per heavy atom. The lowest BCUT2D eigenvalue weighted by Crippen LogP contribution is -2.30. The molecule has 1 atom stereocenters. The van der Waals surface area contributed by atoms with E-state index >= 15 is 0 Å². The Hall–Kier alpha value is -2.15.